The first-order chi connectivity index (χ1) is 21.3. The van der Waals surface area contributed by atoms with Crippen LogP contribution in [-0.2, 0) is 16.1 Å². The highest BCUT2D eigenvalue weighted by atomic mass is 35.5. The first-order valence-electron chi connectivity index (χ1n) is 15.9. The van der Waals surface area contributed by atoms with E-state index in [1.165, 1.54) is 31.0 Å². The van der Waals surface area contributed by atoms with Gasteiger partial charge in [0, 0.05) is 61.2 Å². The maximum Gasteiger partial charge on any atom is 0.222 e. The highest BCUT2D eigenvalue weighted by Crippen LogP contribution is 2.29. The van der Waals surface area contributed by atoms with Crippen LogP contribution in [0.3, 0.4) is 0 Å². The number of aromatic nitrogens is 4. The highest BCUT2D eigenvalue weighted by Gasteiger charge is 2.29. The first kappa shape index (κ1) is 32.2. The third-order valence-corrected chi connectivity index (χ3v) is 9.55. The van der Waals surface area contributed by atoms with Crippen molar-refractivity contribution in [2.24, 2.45) is 0 Å². The summed E-state index contributed by atoms with van der Waals surface area (Å²) in [5.41, 5.74) is 4.88. The van der Waals surface area contributed by atoms with Gasteiger partial charge in [0.05, 0.1) is 5.52 Å². The van der Waals surface area contributed by atoms with Crippen molar-refractivity contribution < 1.29 is 9.59 Å². The van der Waals surface area contributed by atoms with Gasteiger partial charge in [-0.15, -0.1) is 10.2 Å². The van der Waals surface area contributed by atoms with Gasteiger partial charge in [0.1, 0.15) is 5.52 Å². The van der Waals surface area contributed by atoms with Crippen molar-refractivity contribution >= 4 is 57.2 Å². The number of rotatable bonds is 13. The number of amides is 2. The van der Waals surface area contributed by atoms with Crippen molar-refractivity contribution in [1.82, 2.24) is 29.5 Å². The standard InChI is InChI=1S/C34H43ClN6O2S/c1-4-5-6-7-8-13-31(43)40-18-17-39(22-25(40)3)30(42)14-10-19-44-34-36-33-32(37-38-34)28-20-24(2)15-16-29(28)41(33)23-26-11-9-12-27(35)21-26/h9,11-12,15-16,20-21,25H,4-8,10,13-14,17-19,22-23H2,1-3H3. The van der Waals surface area contributed by atoms with Crippen LogP contribution >= 0.6 is 23.4 Å². The number of benzene rings is 2. The summed E-state index contributed by atoms with van der Waals surface area (Å²) in [5, 5.41) is 11.4. The van der Waals surface area contributed by atoms with Crippen molar-refractivity contribution in [3.8, 4) is 0 Å². The molecule has 0 radical (unpaired) electrons. The quantitative estimate of drug-likeness (QED) is 0.113. The summed E-state index contributed by atoms with van der Waals surface area (Å²) in [5.74, 6) is 1.10. The molecule has 2 aromatic heterocycles. The van der Waals surface area contributed by atoms with Crippen LogP contribution in [0.5, 0.6) is 0 Å². The van der Waals surface area contributed by atoms with Crippen LogP contribution in [0, 0.1) is 6.92 Å². The minimum absolute atomic E-state index is 0.0545. The number of carbonyl (C=O) groups is 2. The van der Waals surface area contributed by atoms with E-state index in [0.29, 0.717) is 49.2 Å². The monoisotopic (exact) mass is 634 g/mol. The van der Waals surface area contributed by atoms with E-state index < -0.39 is 0 Å². The molecule has 1 atom stereocenters. The average molecular weight is 635 g/mol. The van der Waals surface area contributed by atoms with Gasteiger partial charge in [-0.25, -0.2) is 4.98 Å². The molecule has 10 heteroatoms. The van der Waals surface area contributed by atoms with E-state index in [0.717, 1.165) is 58.2 Å². The second-order valence-corrected chi connectivity index (χ2v) is 13.4. The minimum Gasteiger partial charge on any atom is -0.339 e. The van der Waals surface area contributed by atoms with E-state index in [4.69, 9.17) is 16.6 Å². The molecule has 8 nitrogen and oxygen atoms in total. The molecule has 0 spiro atoms. The molecule has 3 heterocycles. The number of halogens is 1. The summed E-state index contributed by atoms with van der Waals surface area (Å²) in [6.45, 7) is 8.78. The topological polar surface area (TPSA) is 84.2 Å². The van der Waals surface area contributed by atoms with Crippen LogP contribution in [0.1, 0.15) is 76.3 Å². The number of unbranched alkanes of at least 4 members (excludes halogenated alkanes) is 4. The Morgan fingerprint density at radius 3 is 2.59 bits per heavy atom. The second kappa shape index (κ2) is 15.2. The van der Waals surface area contributed by atoms with Crippen molar-refractivity contribution in [2.45, 2.75) is 89.9 Å². The molecule has 2 amide bonds. The smallest absolute Gasteiger partial charge is 0.222 e. The lowest BCUT2D eigenvalue weighted by atomic mass is 10.1. The largest absolute Gasteiger partial charge is 0.339 e. The molecule has 0 bridgehead atoms. The number of thioether (sulfide) groups is 1. The maximum atomic E-state index is 13.0. The number of aryl methyl sites for hydroxylation is 1. The van der Waals surface area contributed by atoms with Crippen molar-refractivity contribution in [3.05, 3.63) is 58.6 Å². The molecule has 0 aliphatic carbocycles. The zero-order valence-corrected chi connectivity index (χ0v) is 27.7. The number of hydrogen-bond acceptors (Lipinski definition) is 6. The van der Waals surface area contributed by atoms with Crippen LogP contribution in [0.25, 0.3) is 22.1 Å². The predicted molar refractivity (Wildman–Crippen MR) is 179 cm³/mol. The third kappa shape index (κ3) is 7.91. The zero-order valence-electron chi connectivity index (χ0n) is 26.1. The number of fused-ring (bicyclic) bond motifs is 3. The molecule has 1 unspecified atom stereocenters. The van der Waals surface area contributed by atoms with Crippen LogP contribution in [0.2, 0.25) is 5.02 Å². The molecule has 0 N–H and O–H groups in total. The summed E-state index contributed by atoms with van der Waals surface area (Å²) in [6, 6.07) is 14.3. The number of piperazine rings is 1. The Morgan fingerprint density at radius 2 is 1.80 bits per heavy atom. The van der Waals surface area contributed by atoms with Crippen LogP contribution < -0.4 is 0 Å². The molecular formula is C34H43ClN6O2S. The van der Waals surface area contributed by atoms with E-state index in [9.17, 15) is 9.59 Å². The molecule has 2 aromatic carbocycles. The number of hydrogen-bond donors (Lipinski definition) is 0. The fourth-order valence-electron chi connectivity index (χ4n) is 6.02. The Kier molecular flexibility index (Phi) is 11.1. The number of nitrogens with zero attached hydrogens (tertiary/aromatic N) is 6. The molecule has 1 aliphatic rings. The molecule has 44 heavy (non-hydrogen) atoms. The maximum absolute atomic E-state index is 13.0. The Bertz CT molecular complexity index is 1610. The Balaban J connectivity index is 1.15. The summed E-state index contributed by atoms with van der Waals surface area (Å²) in [4.78, 5) is 34.5. The van der Waals surface area contributed by atoms with Gasteiger partial charge in [-0.1, -0.05) is 79.7 Å². The van der Waals surface area contributed by atoms with Crippen LogP contribution in [-0.4, -0.2) is 72.8 Å². The van der Waals surface area contributed by atoms with Crippen molar-refractivity contribution in [1.29, 1.82) is 0 Å². The van der Waals surface area contributed by atoms with Gasteiger partial charge in [-0.05, 0) is 56.5 Å². The van der Waals surface area contributed by atoms with Gasteiger partial charge < -0.3 is 14.4 Å². The average Bonchev–Trinajstić information content (AvgIpc) is 3.30. The Morgan fingerprint density at radius 1 is 0.977 bits per heavy atom. The van der Waals surface area contributed by atoms with Crippen LogP contribution in [0.15, 0.2) is 47.6 Å². The third-order valence-electron chi connectivity index (χ3n) is 8.39. The van der Waals surface area contributed by atoms with Gasteiger partial charge in [-0.3, -0.25) is 9.59 Å². The Hall–Kier alpha value is -3.17. The molecule has 0 saturated carbocycles. The Labute approximate surface area is 269 Å². The van der Waals surface area contributed by atoms with Gasteiger partial charge in [0.2, 0.25) is 17.0 Å². The lowest BCUT2D eigenvalue weighted by Gasteiger charge is -2.40. The van der Waals surface area contributed by atoms with Crippen LogP contribution in [0.4, 0.5) is 0 Å². The SMILES string of the molecule is CCCCCCCC(=O)N1CCN(C(=O)CCCSc2nnc3c4cc(C)ccc4n(Cc4cccc(Cl)c4)c3n2)CC1C. The highest BCUT2D eigenvalue weighted by molar-refractivity contribution is 7.99. The molecule has 4 aromatic rings. The lowest BCUT2D eigenvalue weighted by Crippen LogP contribution is -2.55. The van der Waals surface area contributed by atoms with E-state index in [1.807, 2.05) is 28.0 Å². The molecule has 1 fully saturated rings. The molecule has 1 aliphatic heterocycles. The van der Waals surface area contributed by atoms with E-state index in [2.05, 4.69) is 59.8 Å². The lowest BCUT2D eigenvalue weighted by molar-refractivity contribution is -0.142. The first-order valence-corrected chi connectivity index (χ1v) is 17.3. The fourth-order valence-corrected chi connectivity index (χ4v) is 6.95. The van der Waals surface area contributed by atoms with E-state index in [-0.39, 0.29) is 17.9 Å². The van der Waals surface area contributed by atoms with E-state index >= 15 is 0 Å². The van der Waals surface area contributed by atoms with Gasteiger partial charge in [0.15, 0.2) is 5.65 Å². The predicted octanol–water partition coefficient (Wildman–Crippen LogP) is 7.28. The molecule has 1 saturated heterocycles. The summed E-state index contributed by atoms with van der Waals surface area (Å²) in [6.07, 6.45) is 7.52. The molecule has 234 valence electrons. The summed E-state index contributed by atoms with van der Waals surface area (Å²) < 4.78 is 2.18. The normalized spacial score (nSPS) is 15.4. The van der Waals surface area contributed by atoms with Gasteiger partial charge >= 0.3 is 0 Å². The van der Waals surface area contributed by atoms with Gasteiger partial charge in [-0.2, -0.15) is 0 Å². The van der Waals surface area contributed by atoms with E-state index in [1.54, 1.807) is 0 Å². The minimum atomic E-state index is 0.0545. The van der Waals surface area contributed by atoms with Gasteiger partial charge in [0.25, 0.3) is 0 Å². The zero-order chi connectivity index (χ0) is 31.1. The van der Waals surface area contributed by atoms with Crippen molar-refractivity contribution in [2.75, 3.05) is 25.4 Å². The summed E-state index contributed by atoms with van der Waals surface area (Å²) >= 11 is 7.80. The fraction of sp³-hybridized carbons (Fsp3) is 0.500. The molecule has 5 rings (SSSR count). The molecular weight excluding hydrogens is 592 g/mol. The second-order valence-electron chi connectivity index (χ2n) is 11.9. The number of carbonyl (C=O) groups excluding carboxylic acids is 2. The summed E-state index contributed by atoms with van der Waals surface area (Å²) in [7, 11) is 0. The van der Waals surface area contributed by atoms with Crippen molar-refractivity contribution in [3.63, 3.8) is 0 Å².